The Balaban J connectivity index is 1.63. The third kappa shape index (κ3) is 3.52. The SMILES string of the molecule is COc1ccc(CNC(=O)C2(C(=O)Nc3ccccc3C#N)CC2)cc1. The zero-order valence-electron chi connectivity index (χ0n) is 14.4. The number of carbonyl (C=O) groups excluding carboxylic acids is 2. The summed E-state index contributed by atoms with van der Waals surface area (Å²) in [4.78, 5) is 25.2. The number of methoxy groups -OCH3 is 1. The number of hydrogen-bond acceptors (Lipinski definition) is 4. The zero-order valence-corrected chi connectivity index (χ0v) is 14.4. The number of hydrogen-bond donors (Lipinski definition) is 2. The predicted molar refractivity (Wildman–Crippen MR) is 96.3 cm³/mol. The highest BCUT2D eigenvalue weighted by Gasteiger charge is 2.56. The largest absolute Gasteiger partial charge is 0.497 e. The highest BCUT2D eigenvalue weighted by Crippen LogP contribution is 2.47. The summed E-state index contributed by atoms with van der Waals surface area (Å²) in [5, 5.41) is 14.7. The molecule has 2 aromatic carbocycles. The Morgan fingerprint density at radius 2 is 1.81 bits per heavy atom. The molecule has 26 heavy (non-hydrogen) atoms. The zero-order chi connectivity index (χ0) is 18.6. The third-order valence-corrected chi connectivity index (χ3v) is 4.53. The molecule has 1 saturated carbocycles. The van der Waals surface area contributed by atoms with Gasteiger partial charge in [0.1, 0.15) is 17.2 Å². The Hall–Kier alpha value is -3.33. The summed E-state index contributed by atoms with van der Waals surface area (Å²) >= 11 is 0. The van der Waals surface area contributed by atoms with Crippen LogP contribution in [-0.2, 0) is 16.1 Å². The van der Waals surface area contributed by atoms with Gasteiger partial charge >= 0.3 is 0 Å². The summed E-state index contributed by atoms with van der Waals surface area (Å²) in [6.07, 6.45) is 1.00. The normalized spacial score (nSPS) is 14.0. The van der Waals surface area contributed by atoms with Crippen LogP contribution in [0.2, 0.25) is 0 Å². The summed E-state index contributed by atoms with van der Waals surface area (Å²) in [5.41, 5.74) is 0.671. The first kappa shape index (κ1) is 17.5. The van der Waals surface area contributed by atoms with E-state index in [0.717, 1.165) is 11.3 Å². The molecule has 6 nitrogen and oxygen atoms in total. The van der Waals surface area contributed by atoms with Crippen LogP contribution in [0.5, 0.6) is 5.75 Å². The first-order chi connectivity index (χ1) is 12.6. The molecule has 2 aromatic rings. The molecule has 1 aliphatic rings. The number of nitrogens with one attached hydrogen (secondary N) is 2. The number of ether oxygens (including phenoxy) is 1. The molecule has 0 atom stereocenters. The molecule has 2 N–H and O–H groups in total. The number of carbonyl (C=O) groups is 2. The van der Waals surface area contributed by atoms with Crippen molar-refractivity contribution in [3.63, 3.8) is 0 Å². The first-order valence-electron chi connectivity index (χ1n) is 8.31. The van der Waals surface area contributed by atoms with Gasteiger partial charge in [0.2, 0.25) is 11.8 Å². The van der Waals surface area contributed by atoms with Crippen LogP contribution in [0.4, 0.5) is 5.69 Å². The second-order valence-electron chi connectivity index (χ2n) is 6.22. The Morgan fingerprint density at radius 1 is 1.12 bits per heavy atom. The summed E-state index contributed by atoms with van der Waals surface area (Å²) < 4.78 is 5.10. The molecule has 0 saturated heterocycles. The maximum Gasteiger partial charge on any atom is 0.240 e. The van der Waals surface area contributed by atoms with Crippen LogP contribution in [0.3, 0.4) is 0 Å². The van der Waals surface area contributed by atoms with Gasteiger partial charge in [0.15, 0.2) is 0 Å². The van der Waals surface area contributed by atoms with Gasteiger partial charge in [0.25, 0.3) is 0 Å². The van der Waals surface area contributed by atoms with Gasteiger partial charge < -0.3 is 15.4 Å². The first-order valence-corrected chi connectivity index (χ1v) is 8.31. The van der Waals surface area contributed by atoms with Crippen LogP contribution in [0.1, 0.15) is 24.0 Å². The number of rotatable bonds is 6. The Bertz CT molecular complexity index is 865. The van der Waals surface area contributed by atoms with Crippen LogP contribution in [0.15, 0.2) is 48.5 Å². The van der Waals surface area contributed by atoms with Crippen molar-refractivity contribution in [3.8, 4) is 11.8 Å². The fourth-order valence-corrected chi connectivity index (χ4v) is 2.71. The molecule has 1 fully saturated rings. The summed E-state index contributed by atoms with van der Waals surface area (Å²) in [7, 11) is 1.59. The van der Waals surface area contributed by atoms with E-state index in [4.69, 9.17) is 10.00 Å². The standard InChI is InChI=1S/C20H19N3O3/c1-26-16-8-6-14(7-9-16)13-22-18(24)20(10-11-20)19(25)23-17-5-3-2-4-15(17)12-21/h2-9H,10-11,13H2,1H3,(H,22,24)(H,23,25). The average molecular weight is 349 g/mol. The van der Waals surface area contributed by atoms with Crippen molar-refractivity contribution in [3.05, 3.63) is 59.7 Å². The van der Waals surface area contributed by atoms with Crippen LogP contribution < -0.4 is 15.4 Å². The van der Waals surface area contributed by atoms with E-state index in [9.17, 15) is 9.59 Å². The molecule has 0 aliphatic heterocycles. The average Bonchev–Trinajstić information content (AvgIpc) is 3.49. The van der Waals surface area contributed by atoms with Crippen LogP contribution in [0, 0.1) is 16.7 Å². The third-order valence-electron chi connectivity index (χ3n) is 4.53. The molecule has 6 heteroatoms. The molecule has 2 amide bonds. The van der Waals surface area contributed by atoms with Crippen molar-refractivity contribution in [2.24, 2.45) is 5.41 Å². The topological polar surface area (TPSA) is 91.2 Å². The Labute approximate surface area is 151 Å². The van der Waals surface area contributed by atoms with Gasteiger partial charge in [-0.05, 0) is 42.7 Å². The van der Waals surface area contributed by atoms with Crippen LogP contribution >= 0.6 is 0 Å². The fraction of sp³-hybridized carbons (Fsp3) is 0.250. The Morgan fingerprint density at radius 3 is 2.42 bits per heavy atom. The summed E-state index contributed by atoms with van der Waals surface area (Å²) in [5.74, 6) is 0.0852. The van der Waals surface area contributed by atoms with E-state index in [-0.39, 0.29) is 11.8 Å². The molecule has 0 spiro atoms. The number of nitrogens with zero attached hydrogens (tertiary/aromatic N) is 1. The maximum atomic E-state index is 12.6. The highest BCUT2D eigenvalue weighted by atomic mass is 16.5. The van der Waals surface area contributed by atoms with Gasteiger partial charge in [-0.15, -0.1) is 0 Å². The smallest absolute Gasteiger partial charge is 0.240 e. The van der Waals surface area contributed by atoms with Gasteiger partial charge in [-0.3, -0.25) is 9.59 Å². The molecular formula is C20H19N3O3. The van der Waals surface area contributed by atoms with Gasteiger partial charge in [0, 0.05) is 6.54 Å². The molecule has 1 aliphatic carbocycles. The number of anilines is 1. The predicted octanol–water partition coefficient (Wildman–Crippen LogP) is 2.60. The van der Waals surface area contributed by atoms with Gasteiger partial charge in [-0.2, -0.15) is 5.26 Å². The lowest BCUT2D eigenvalue weighted by Crippen LogP contribution is -2.39. The van der Waals surface area contributed by atoms with E-state index < -0.39 is 5.41 Å². The monoisotopic (exact) mass is 349 g/mol. The van der Waals surface area contributed by atoms with Crippen molar-refractivity contribution in [1.82, 2.24) is 5.32 Å². The molecule has 0 radical (unpaired) electrons. The summed E-state index contributed by atoms with van der Waals surface area (Å²) in [6.45, 7) is 0.340. The van der Waals surface area contributed by atoms with Crippen molar-refractivity contribution >= 4 is 17.5 Å². The minimum absolute atomic E-state index is 0.291. The maximum absolute atomic E-state index is 12.6. The lowest BCUT2D eigenvalue weighted by molar-refractivity contribution is -0.134. The summed E-state index contributed by atoms with van der Waals surface area (Å²) in [6, 6.07) is 16.1. The van der Waals surface area contributed by atoms with Crippen molar-refractivity contribution < 1.29 is 14.3 Å². The highest BCUT2D eigenvalue weighted by molar-refractivity contribution is 6.13. The van der Waals surface area contributed by atoms with E-state index in [0.29, 0.717) is 30.6 Å². The van der Waals surface area contributed by atoms with E-state index in [2.05, 4.69) is 10.6 Å². The number of benzene rings is 2. The lowest BCUT2D eigenvalue weighted by Gasteiger charge is -2.16. The Kier molecular flexibility index (Phi) is 4.90. The van der Waals surface area contributed by atoms with E-state index in [1.165, 1.54) is 0 Å². The van der Waals surface area contributed by atoms with E-state index in [1.54, 1.807) is 31.4 Å². The molecule has 132 valence electrons. The quantitative estimate of drug-likeness (QED) is 0.784. The van der Waals surface area contributed by atoms with E-state index in [1.807, 2.05) is 30.3 Å². The molecule has 3 rings (SSSR count). The van der Waals surface area contributed by atoms with E-state index >= 15 is 0 Å². The minimum Gasteiger partial charge on any atom is -0.497 e. The van der Waals surface area contributed by atoms with Crippen molar-refractivity contribution in [2.75, 3.05) is 12.4 Å². The van der Waals surface area contributed by atoms with Crippen molar-refractivity contribution in [1.29, 1.82) is 5.26 Å². The second-order valence-corrected chi connectivity index (χ2v) is 6.22. The van der Waals surface area contributed by atoms with Gasteiger partial charge in [-0.25, -0.2) is 0 Å². The van der Waals surface area contributed by atoms with Crippen LogP contribution in [0.25, 0.3) is 0 Å². The molecular weight excluding hydrogens is 330 g/mol. The van der Waals surface area contributed by atoms with Gasteiger partial charge in [0.05, 0.1) is 18.4 Å². The molecule has 0 aromatic heterocycles. The number of amides is 2. The molecule has 0 heterocycles. The fourth-order valence-electron chi connectivity index (χ4n) is 2.71. The van der Waals surface area contributed by atoms with Crippen LogP contribution in [-0.4, -0.2) is 18.9 Å². The number of para-hydroxylation sites is 1. The van der Waals surface area contributed by atoms with Gasteiger partial charge in [-0.1, -0.05) is 24.3 Å². The minimum atomic E-state index is -1.05. The second kappa shape index (κ2) is 7.28. The lowest BCUT2D eigenvalue weighted by atomic mass is 10.0. The molecule has 0 bridgehead atoms. The molecule has 0 unspecified atom stereocenters. The number of nitriles is 1. The van der Waals surface area contributed by atoms with Crippen molar-refractivity contribution in [2.45, 2.75) is 19.4 Å².